The van der Waals surface area contributed by atoms with Crippen LogP contribution in [0.3, 0.4) is 0 Å². The normalized spacial score (nSPS) is 9.23. The summed E-state index contributed by atoms with van der Waals surface area (Å²) in [6, 6.07) is 17.4. The minimum atomic E-state index is -0.0551. The molecule has 0 saturated heterocycles. The van der Waals surface area contributed by atoms with Crippen molar-refractivity contribution in [3.63, 3.8) is 0 Å². The van der Waals surface area contributed by atoms with Crippen LogP contribution in [0.5, 0.6) is 0 Å². The quantitative estimate of drug-likeness (QED) is 0.0601. The van der Waals surface area contributed by atoms with Crippen LogP contribution < -0.4 is 0 Å². The molecule has 0 bridgehead atoms. The van der Waals surface area contributed by atoms with Crippen LogP contribution in [0.25, 0.3) is 16.0 Å². The van der Waals surface area contributed by atoms with Crippen LogP contribution in [-0.4, -0.2) is 38.5 Å². The van der Waals surface area contributed by atoms with Crippen molar-refractivity contribution in [2.75, 3.05) is 26.7 Å². The van der Waals surface area contributed by atoms with Gasteiger partial charge in [0.1, 0.15) is 0 Å². The fourth-order valence-corrected chi connectivity index (χ4v) is 5.64. The molecule has 0 heterocycles. The van der Waals surface area contributed by atoms with E-state index in [-0.39, 0.29) is 143 Å². The first-order valence-corrected chi connectivity index (χ1v) is 24.8. The van der Waals surface area contributed by atoms with E-state index in [1.54, 1.807) is 7.05 Å². The molecule has 0 saturated carbocycles. The van der Waals surface area contributed by atoms with E-state index in [0.29, 0.717) is 13.0 Å². The van der Waals surface area contributed by atoms with Crippen molar-refractivity contribution in [2.45, 2.75) is 217 Å². The van der Waals surface area contributed by atoms with Crippen molar-refractivity contribution in [1.29, 1.82) is 0 Å². The number of aryl methyl sites for hydroxylation is 4. The largest absolute Gasteiger partial charge is 0.663 e. The number of amides is 2. The van der Waals surface area contributed by atoms with E-state index in [4.69, 9.17) is 0 Å². The van der Waals surface area contributed by atoms with Crippen LogP contribution in [0, 0.1) is 32.1 Å². The predicted octanol–water partition coefficient (Wildman–Crippen LogP) is 17.5. The Morgan fingerprint density at radius 3 is 1.28 bits per heavy atom. The molecule has 2 rings (SSSR count). The Kier molecular flexibility index (Phi) is 96.1. The summed E-state index contributed by atoms with van der Waals surface area (Å²) in [4.78, 5) is 20.9. The summed E-state index contributed by atoms with van der Waals surface area (Å²) in [5, 5.41) is 11.5. The molecule has 370 valence electrons. The van der Waals surface area contributed by atoms with Crippen LogP contribution >= 0.6 is 0 Å². The van der Waals surface area contributed by atoms with E-state index < -0.39 is 0 Å². The second kappa shape index (κ2) is 74.7. The first-order chi connectivity index (χ1) is 29.7. The van der Waals surface area contributed by atoms with E-state index >= 15 is 0 Å². The molecule has 0 aliphatic carbocycles. The van der Waals surface area contributed by atoms with Gasteiger partial charge in [-0.3, -0.25) is 0 Å². The molecule has 9 heteroatoms. The van der Waals surface area contributed by atoms with Gasteiger partial charge in [0.25, 0.3) is 0 Å². The minimum Gasteiger partial charge on any atom is -0.663 e. The number of carbonyl (C=O) groups is 2. The van der Waals surface area contributed by atoms with Crippen molar-refractivity contribution < 1.29 is 140 Å². The van der Waals surface area contributed by atoms with Crippen LogP contribution in [0.4, 0.5) is 0 Å². The predicted molar refractivity (Wildman–Crippen MR) is 275 cm³/mol. The van der Waals surface area contributed by atoms with Gasteiger partial charge in [-0.2, -0.15) is 77.3 Å². The molecule has 0 atom stereocenters. The molecule has 0 aromatic heterocycles. The van der Waals surface area contributed by atoms with E-state index in [0.717, 1.165) is 70.9 Å². The number of benzene rings is 2. The van der Waals surface area contributed by atoms with E-state index in [2.05, 4.69) is 166 Å². The molecule has 5 nitrogen and oxygen atoms in total. The second-order valence-electron chi connectivity index (χ2n) is 15.0. The molecule has 2 amide bonds. The number of rotatable bonds is 29. The third-order valence-corrected chi connectivity index (χ3v) is 9.43. The Bertz CT molecular complexity index is 1080. The third kappa shape index (κ3) is 72.4. The molecular formula is C56H99N3O2Y4-8. The SMILES string of the molecule is CCC[CH-]CCC(=O)[N-]C.CCC[CH-]CCC[N-]C(C)=O.CCC[CH-]CCC[N-]CC.CC[CH-]CCC[CH-]CCC.CCc1cccc(CC)c1.CCc1ccccc1CC.[Y].[Y].[Y].[Y]. The Labute approximate surface area is 508 Å². The van der Waals surface area contributed by atoms with Gasteiger partial charge in [0.05, 0.1) is 0 Å². The summed E-state index contributed by atoms with van der Waals surface area (Å²) in [5.74, 6) is -0.0483. The molecule has 2 aromatic carbocycles. The van der Waals surface area contributed by atoms with Gasteiger partial charge in [-0.05, 0) is 61.3 Å². The molecule has 2 aromatic rings. The number of hydrogen-bond acceptors (Lipinski definition) is 2. The fraction of sp³-hybridized carbons (Fsp3) is 0.661. The Balaban J connectivity index is -0.0000000988. The molecule has 0 N–H and O–H groups in total. The van der Waals surface area contributed by atoms with Gasteiger partial charge in [-0.1, -0.05) is 156 Å². The van der Waals surface area contributed by atoms with Crippen molar-refractivity contribution in [2.24, 2.45) is 0 Å². The van der Waals surface area contributed by atoms with Gasteiger partial charge in [0, 0.05) is 143 Å². The van der Waals surface area contributed by atoms with Crippen molar-refractivity contribution in [3.8, 4) is 0 Å². The monoisotopic (exact) mass is 1200 g/mol. The maximum atomic E-state index is 10.6. The fourth-order valence-electron chi connectivity index (χ4n) is 5.64. The summed E-state index contributed by atoms with van der Waals surface area (Å²) in [6.07, 6.45) is 37.2. The zero-order chi connectivity index (χ0) is 46.5. The van der Waals surface area contributed by atoms with Gasteiger partial charge in [0.2, 0.25) is 0 Å². The molecule has 0 aliphatic heterocycles. The van der Waals surface area contributed by atoms with E-state index in [9.17, 15) is 9.59 Å². The Hall–Kier alpha value is 1.76. The van der Waals surface area contributed by atoms with Crippen molar-refractivity contribution >= 4 is 11.8 Å². The zero-order valence-corrected chi connectivity index (χ0v) is 56.0. The average molecular weight is 1200 g/mol. The number of carbonyl (C=O) groups excluding carboxylic acids is 2. The Morgan fingerprint density at radius 1 is 0.492 bits per heavy atom. The van der Waals surface area contributed by atoms with Gasteiger partial charge < -0.3 is 57.6 Å². The summed E-state index contributed by atoms with van der Waals surface area (Å²) in [7, 11) is 1.54. The topological polar surface area (TPSA) is 76.4 Å². The number of hydrogen-bond donors (Lipinski definition) is 0. The molecule has 0 unspecified atom stereocenters. The first-order valence-electron chi connectivity index (χ1n) is 24.8. The summed E-state index contributed by atoms with van der Waals surface area (Å²) in [5.41, 5.74) is 5.87. The second-order valence-corrected chi connectivity index (χ2v) is 15.0. The van der Waals surface area contributed by atoms with Crippen molar-refractivity contribution in [1.82, 2.24) is 0 Å². The van der Waals surface area contributed by atoms with Gasteiger partial charge in [0.15, 0.2) is 0 Å². The number of nitrogens with zero attached hydrogens (tertiary/aromatic N) is 3. The van der Waals surface area contributed by atoms with E-state index in [1.807, 2.05) is 0 Å². The van der Waals surface area contributed by atoms with Gasteiger partial charge >= 0.3 is 0 Å². The van der Waals surface area contributed by atoms with Crippen LogP contribution in [0.2, 0.25) is 0 Å². The summed E-state index contributed by atoms with van der Waals surface area (Å²) in [6.45, 7) is 26.0. The average Bonchev–Trinajstić information content (AvgIpc) is 3.29. The molecule has 0 spiro atoms. The standard InChI is InChI=1S/2C10H14.C10H20.C9H18NO.C9H19N.C8H16NO.4Y/c1-3-9-6-5-7-10(4-2)8-9;1-3-9-7-5-6-8-10(9)4-2;1-3-5-7-9-10-8-6-4-2;1-3-4-5-6-7-8-10-9(2)11;1-3-5-6-7-8-9-10-4-2;1-3-4-5-6-7-8(10)9-2;;;;/h2*5-8H,3-4H2,1-2H3;5,8H,3-4,6-7,9-10H2,1-2H3;5H,3-4,6-8H2,1-2H3,(H,10,11);6H,3-5,7-9H2,1-2H3;5H,3-4,6-7H2,1-2H3,(H,9,10);;;;/q;;-2;-1;-2;-1;;;;/p-2. The first kappa shape index (κ1) is 83.6. The smallest absolute Gasteiger partial charge is 0.0484 e. The molecule has 65 heavy (non-hydrogen) atoms. The van der Waals surface area contributed by atoms with Gasteiger partial charge in [-0.15, -0.1) is 20.0 Å². The maximum absolute atomic E-state index is 10.6. The maximum Gasteiger partial charge on any atom is 0.0484 e. The van der Waals surface area contributed by atoms with Crippen LogP contribution in [0.1, 0.15) is 214 Å². The van der Waals surface area contributed by atoms with Crippen LogP contribution in [0.15, 0.2) is 48.5 Å². The van der Waals surface area contributed by atoms with Gasteiger partial charge in [-0.25, -0.2) is 0 Å². The molecule has 0 aliphatic rings. The summed E-state index contributed by atoms with van der Waals surface area (Å²) < 4.78 is 0. The summed E-state index contributed by atoms with van der Waals surface area (Å²) >= 11 is 0. The third-order valence-electron chi connectivity index (χ3n) is 9.43. The van der Waals surface area contributed by atoms with E-state index in [1.165, 1.54) is 106 Å². The minimum absolute atomic E-state index is 0. The number of unbranched alkanes of at least 4 members (excludes halogenated alkanes) is 18. The molecule has 4 radical (unpaired) electrons. The molecule has 0 fully saturated rings. The van der Waals surface area contributed by atoms with Crippen LogP contribution in [-0.2, 0) is 166 Å². The molecular weight excluding hydrogens is 1100 g/mol. The van der Waals surface area contributed by atoms with Crippen molar-refractivity contribution in [3.05, 3.63) is 119 Å². The Morgan fingerprint density at radius 2 is 0.908 bits per heavy atom. The zero-order valence-electron chi connectivity index (χ0n) is 44.7.